The molecule has 1 saturated heterocycles. The van der Waals surface area contributed by atoms with Gasteiger partial charge in [-0.3, -0.25) is 9.59 Å². The molecule has 1 aromatic rings. The van der Waals surface area contributed by atoms with Gasteiger partial charge in [0.05, 0.1) is 31.3 Å². The summed E-state index contributed by atoms with van der Waals surface area (Å²) in [6, 6.07) is 1.70. The van der Waals surface area contributed by atoms with Crippen molar-refractivity contribution in [1.29, 1.82) is 0 Å². The molecule has 1 aliphatic rings. The van der Waals surface area contributed by atoms with Crippen LogP contribution in [-0.4, -0.2) is 49.7 Å². The van der Waals surface area contributed by atoms with Crippen molar-refractivity contribution in [2.24, 2.45) is 0 Å². The van der Waals surface area contributed by atoms with E-state index in [0.717, 1.165) is 0 Å². The lowest BCUT2D eigenvalue weighted by Gasteiger charge is -2.32. The van der Waals surface area contributed by atoms with Crippen molar-refractivity contribution in [2.45, 2.75) is 12.5 Å². The molecule has 0 N–H and O–H groups in total. The van der Waals surface area contributed by atoms with E-state index in [1.807, 2.05) is 0 Å². The quantitative estimate of drug-likeness (QED) is 0.799. The Morgan fingerprint density at radius 1 is 1.63 bits per heavy atom. The third kappa shape index (κ3) is 3.46. The summed E-state index contributed by atoms with van der Waals surface area (Å²) in [6.07, 6.45) is -0.165. The van der Waals surface area contributed by atoms with Gasteiger partial charge in [0.1, 0.15) is 4.88 Å². The number of rotatable bonds is 3. The van der Waals surface area contributed by atoms with Gasteiger partial charge < -0.3 is 14.4 Å². The molecule has 7 heteroatoms. The maximum absolute atomic E-state index is 12.3. The first-order valence-electron chi connectivity index (χ1n) is 5.82. The second-order valence-electron chi connectivity index (χ2n) is 4.12. The van der Waals surface area contributed by atoms with E-state index in [-0.39, 0.29) is 24.4 Å². The van der Waals surface area contributed by atoms with Gasteiger partial charge in [-0.15, -0.1) is 11.3 Å². The molecule has 0 radical (unpaired) electrons. The molecule has 0 bridgehead atoms. The van der Waals surface area contributed by atoms with Crippen LogP contribution in [0.4, 0.5) is 0 Å². The van der Waals surface area contributed by atoms with Gasteiger partial charge in [-0.2, -0.15) is 0 Å². The second-order valence-corrected chi connectivity index (χ2v) is 5.45. The summed E-state index contributed by atoms with van der Waals surface area (Å²) in [6.45, 7) is 1.29. The summed E-state index contributed by atoms with van der Waals surface area (Å²) in [4.78, 5) is 25.7. The van der Waals surface area contributed by atoms with Crippen LogP contribution in [0.1, 0.15) is 16.1 Å². The third-order valence-electron chi connectivity index (χ3n) is 2.86. The summed E-state index contributed by atoms with van der Waals surface area (Å²) in [5.74, 6) is -0.452. The number of thiophene rings is 1. The minimum atomic E-state index is -0.339. The number of amides is 1. The predicted octanol–water partition coefficient (Wildman–Crippen LogP) is 1.81. The first-order valence-corrected chi connectivity index (χ1v) is 7.08. The Kier molecular flexibility index (Phi) is 4.79. The number of methoxy groups -OCH3 is 1. The van der Waals surface area contributed by atoms with E-state index in [4.69, 9.17) is 16.3 Å². The Bertz CT molecular complexity index is 476. The number of halogens is 1. The smallest absolute Gasteiger partial charge is 0.308 e. The lowest BCUT2D eigenvalue weighted by molar-refractivity contribution is -0.145. The third-order valence-corrected chi connectivity index (χ3v) is 4.19. The molecule has 1 aromatic heterocycles. The Morgan fingerprint density at radius 3 is 3.05 bits per heavy atom. The topological polar surface area (TPSA) is 55.8 Å². The Balaban J connectivity index is 1.99. The van der Waals surface area contributed by atoms with Crippen LogP contribution in [-0.2, 0) is 14.3 Å². The highest BCUT2D eigenvalue weighted by atomic mass is 35.5. The molecule has 0 saturated carbocycles. The van der Waals surface area contributed by atoms with Crippen molar-refractivity contribution in [3.63, 3.8) is 0 Å². The van der Waals surface area contributed by atoms with Crippen molar-refractivity contribution in [2.75, 3.05) is 26.8 Å². The molecule has 2 heterocycles. The van der Waals surface area contributed by atoms with Crippen LogP contribution in [0, 0.1) is 0 Å². The number of carbonyl (C=O) groups is 2. The van der Waals surface area contributed by atoms with Crippen LogP contribution in [0.25, 0.3) is 0 Å². The molecule has 1 unspecified atom stereocenters. The largest absolute Gasteiger partial charge is 0.469 e. The van der Waals surface area contributed by atoms with Gasteiger partial charge in [0.25, 0.3) is 5.91 Å². The molecule has 5 nitrogen and oxygen atoms in total. The maximum atomic E-state index is 12.3. The van der Waals surface area contributed by atoms with Crippen LogP contribution in [0.5, 0.6) is 0 Å². The van der Waals surface area contributed by atoms with E-state index in [1.54, 1.807) is 16.3 Å². The van der Waals surface area contributed by atoms with Gasteiger partial charge >= 0.3 is 5.97 Å². The Hall–Kier alpha value is -1.11. The second kappa shape index (κ2) is 6.36. The number of esters is 1. The average molecular weight is 304 g/mol. The van der Waals surface area contributed by atoms with E-state index in [9.17, 15) is 9.59 Å². The first kappa shape index (κ1) is 14.3. The van der Waals surface area contributed by atoms with Gasteiger partial charge in [-0.25, -0.2) is 0 Å². The zero-order valence-corrected chi connectivity index (χ0v) is 12.0. The zero-order chi connectivity index (χ0) is 13.8. The summed E-state index contributed by atoms with van der Waals surface area (Å²) < 4.78 is 10.1. The SMILES string of the molecule is COC(=O)CC1CN(C(=O)c2sccc2Cl)CCO1. The monoisotopic (exact) mass is 303 g/mol. The lowest BCUT2D eigenvalue weighted by atomic mass is 10.2. The number of hydrogen-bond donors (Lipinski definition) is 0. The molecule has 1 aliphatic heterocycles. The number of morpholine rings is 1. The fourth-order valence-corrected chi connectivity index (χ4v) is 2.99. The van der Waals surface area contributed by atoms with Crippen molar-refractivity contribution < 1.29 is 19.1 Å². The van der Waals surface area contributed by atoms with Crippen LogP contribution >= 0.6 is 22.9 Å². The molecule has 2 rings (SSSR count). The normalized spacial score (nSPS) is 19.3. The highest BCUT2D eigenvalue weighted by Gasteiger charge is 2.28. The fraction of sp³-hybridized carbons (Fsp3) is 0.500. The van der Waals surface area contributed by atoms with Crippen LogP contribution in [0.15, 0.2) is 11.4 Å². The molecule has 1 fully saturated rings. The van der Waals surface area contributed by atoms with Crippen molar-refractivity contribution in [3.8, 4) is 0 Å². The summed E-state index contributed by atoms with van der Waals surface area (Å²) in [5, 5.41) is 2.24. The molecule has 19 heavy (non-hydrogen) atoms. The molecule has 1 atom stereocenters. The maximum Gasteiger partial charge on any atom is 0.308 e. The molecule has 0 aromatic carbocycles. The minimum absolute atomic E-state index is 0.113. The van der Waals surface area contributed by atoms with Gasteiger partial charge in [0.2, 0.25) is 0 Å². The summed E-state index contributed by atoms with van der Waals surface area (Å²) in [5.41, 5.74) is 0. The van der Waals surface area contributed by atoms with Gasteiger partial charge in [0.15, 0.2) is 0 Å². The number of nitrogens with zero attached hydrogens (tertiary/aromatic N) is 1. The number of ether oxygens (including phenoxy) is 2. The van der Waals surface area contributed by atoms with E-state index < -0.39 is 0 Å². The molecule has 0 spiro atoms. The fourth-order valence-electron chi connectivity index (χ4n) is 1.89. The predicted molar refractivity (Wildman–Crippen MR) is 71.6 cm³/mol. The molecule has 104 valence electrons. The number of carbonyl (C=O) groups excluding carboxylic acids is 2. The van der Waals surface area contributed by atoms with Crippen LogP contribution in [0.2, 0.25) is 5.02 Å². The average Bonchev–Trinajstić information content (AvgIpc) is 2.84. The number of hydrogen-bond acceptors (Lipinski definition) is 5. The lowest BCUT2D eigenvalue weighted by Crippen LogP contribution is -2.46. The van der Waals surface area contributed by atoms with Gasteiger partial charge in [0, 0.05) is 13.1 Å². The van der Waals surface area contributed by atoms with E-state index in [0.29, 0.717) is 29.6 Å². The highest BCUT2D eigenvalue weighted by molar-refractivity contribution is 7.12. The van der Waals surface area contributed by atoms with Gasteiger partial charge in [-0.1, -0.05) is 11.6 Å². The van der Waals surface area contributed by atoms with Crippen molar-refractivity contribution in [1.82, 2.24) is 4.90 Å². The van der Waals surface area contributed by atoms with E-state index >= 15 is 0 Å². The van der Waals surface area contributed by atoms with Crippen LogP contribution in [0.3, 0.4) is 0 Å². The van der Waals surface area contributed by atoms with Crippen LogP contribution < -0.4 is 0 Å². The van der Waals surface area contributed by atoms with Crippen molar-refractivity contribution in [3.05, 3.63) is 21.3 Å². The van der Waals surface area contributed by atoms with Gasteiger partial charge in [-0.05, 0) is 11.4 Å². The zero-order valence-electron chi connectivity index (χ0n) is 10.4. The summed E-state index contributed by atoms with van der Waals surface area (Å²) >= 11 is 7.27. The molecule has 1 amide bonds. The Morgan fingerprint density at radius 2 is 2.42 bits per heavy atom. The van der Waals surface area contributed by atoms with E-state index in [1.165, 1.54) is 18.4 Å². The molecular formula is C12H14ClNO4S. The van der Waals surface area contributed by atoms with Crippen molar-refractivity contribution >= 4 is 34.8 Å². The Labute approximate surface area is 120 Å². The standard InChI is InChI=1S/C12H14ClNO4S/c1-17-10(15)6-8-7-14(3-4-18-8)12(16)11-9(13)2-5-19-11/h2,5,8H,3-4,6-7H2,1H3. The van der Waals surface area contributed by atoms with E-state index in [2.05, 4.69) is 4.74 Å². The highest BCUT2D eigenvalue weighted by Crippen LogP contribution is 2.24. The molecule has 0 aliphatic carbocycles. The minimum Gasteiger partial charge on any atom is -0.469 e. The first-order chi connectivity index (χ1) is 9.11. The summed E-state index contributed by atoms with van der Waals surface area (Å²) in [7, 11) is 1.33. The molecular weight excluding hydrogens is 290 g/mol.